The largest absolute Gasteiger partial charge is 0.336 e. The van der Waals surface area contributed by atoms with Crippen molar-refractivity contribution in [3.05, 3.63) is 12.7 Å². The Morgan fingerprint density at radius 3 is 2.73 bits per heavy atom. The molecule has 3 heteroatoms. The highest BCUT2D eigenvalue weighted by atomic mass is 16.2. The molecule has 0 aliphatic carbocycles. The highest BCUT2D eigenvalue weighted by Gasteiger charge is 2.27. The van der Waals surface area contributed by atoms with Crippen LogP contribution in [0.25, 0.3) is 0 Å². The van der Waals surface area contributed by atoms with Gasteiger partial charge in [-0.15, -0.1) is 0 Å². The molecular formula is C12H22N2O. The van der Waals surface area contributed by atoms with Crippen molar-refractivity contribution in [3.8, 4) is 0 Å². The third kappa shape index (κ3) is 3.34. The molecule has 0 radical (unpaired) electrons. The van der Waals surface area contributed by atoms with Crippen LogP contribution in [0.5, 0.6) is 0 Å². The van der Waals surface area contributed by atoms with Gasteiger partial charge in [0.25, 0.3) is 0 Å². The quantitative estimate of drug-likeness (QED) is 0.717. The summed E-state index contributed by atoms with van der Waals surface area (Å²) in [4.78, 5) is 13.4. The van der Waals surface area contributed by atoms with Crippen molar-refractivity contribution in [3.63, 3.8) is 0 Å². The van der Waals surface area contributed by atoms with Crippen molar-refractivity contribution < 1.29 is 4.79 Å². The van der Waals surface area contributed by atoms with Gasteiger partial charge in [0.2, 0.25) is 5.91 Å². The molecule has 86 valence electrons. The van der Waals surface area contributed by atoms with Crippen LogP contribution < -0.4 is 5.32 Å². The lowest BCUT2D eigenvalue weighted by atomic mass is 9.97. The minimum atomic E-state index is 0.0606. The summed E-state index contributed by atoms with van der Waals surface area (Å²) >= 11 is 0. The van der Waals surface area contributed by atoms with E-state index in [1.807, 2.05) is 4.90 Å². The van der Waals surface area contributed by atoms with E-state index in [2.05, 4.69) is 32.7 Å². The Morgan fingerprint density at radius 2 is 2.27 bits per heavy atom. The van der Waals surface area contributed by atoms with Crippen molar-refractivity contribution in [1.29, 1.82) is 0 Å². The fourth-order valence-corrected chi connectivity index (χ4v) is 2.24. The number of carbonyl (C=O) groups excluding carboxylic acids is 1. The van der Waals surface area contributed by atoms with Gasteiger partial charge in [-0.2, -0.15) is 0 Å². The molecule has 0 aromatic rings. The van der Waals surface area contributed by atoms with Gasteiger partial charge in [0.05, 0.1) is 0 Å². The predicted octanol–water partition coefficient (Wildman–Crippen LogP) is 1.55. The third-order valence-corrected chi connectivity index (χ3v) is 2.90. The SMILES string of the molecule is C=CC(=O)N1CCC(NC(C)C)C[C@@H]1C. The molecule has 0 bridgehead atoms. The molecule has 1 aliphatic heterocycles. The van der Waals surface area contributed by atoms with Gasteiger partial charge in [-0.05, 0) is 25.8 Å². The van der Waals surface area contributed by atoms with E-state index in [1.165, 1.54) is 6.08 Å². The standard InChI is InChI=1S/C12H22N2O/c1-5-12(15)14-7-6-11(8-10(14)4)13-9(2)3/h5,9-11,13H,1,6-8H2,2-4H3/t10-,11?/m0/s1. The Labute approximate surface area is 92.5 Å². The summed E-state index contributed by atoms with van der Waals surface area (Å²) < 4.78 is 0. The molecular weight excluding hydrogens is 188 g/mol. The molecule has 1 aliphatic rings. The van der Waals surface area contributed by atoms with Crippen LogP contribution in [0.3, 0.4) is 0 Å². The van der Waals surface area contributed by atoms with Crippen molar-refractivity contribution in [1.82, 2.24) is 10.2 Å². The Bertz CT molecular complexity index is 238. The van der Waals surface area contributed by atoms with E-state index in [9.17, 15) is 4.79 Å². The summed E-state index contributed by atoms with van der Waals surface area (Å²) in [5.41, 5.74) is 0. The molecule has 0 aromatic carbocycles. The zero-order valence-electron chi connectivity index (χ0n) is 9.99. The van der Waals surface area contributed by atoms with E-state index in [1.54, 1.807) is 0 Å². The first-order valence-electron chi connectivity index (χ1n) is 5.73. The number of amides is 1. The van der Waals surface area contributed by atoms with Gasteiger partial charge in [-0.25, -0.2) is 0 Å². The lowest BCUT2D eigenvalue weighted by molar-refractivity contribution is -0.129. The maximum absolute atomic E-state index is 11.5. The van der Waals surface area contributed by atoms with Gasteiger partial charge >= 0.3 is 0 Å². The summed E-state index contributed by atoms with van der Waals surface area (Å²) in [7, 11) is 0. The highest BCUT2D eigenvalue weighted by molar-refractivity contribution is 5.87. The minimum absolute atomic E-state index is 0.0606. The molecule has 1 heterocycles. The summed E-state index contributed by atoms with van der Waals surface area (Å²) in [6.07, 6.45) is 3.49. The Balaban J connectivity index is 2.47. The molecule has 1 fully saturated rings. The van der Waals surface area contributed by atoms with E-state index in [4.69, 9.17) is 0 Å². The zero-order valence-corrected chi connectivity index (χ0v) is 9.99. The molecule has 0 aromatic heterocycles. The van der Waals surface area contributed by atoms with Crippen LogP contribution in [0.15, 0.2) is 12.7 Å². The lowest BCUT2D eigenvalue weighted by Crippen LogP contribution is -2.50. The van der Waals surface area contributed by atoms with E-state index >= 15 is 0 Å². The predicted molar refractivity (Wildman–Crippen MR) is 62.7 cm³/mol. The van der Waals surface area contributed by atoms with Crippen LogP contribution in [0.2, 0.25) is 0 Å². The number of nitrogens with zero attached hydrogens (tertiary/aromatic N) is 1. The maximum atomic E-state index is 11.5. The fraction of sp³-hybridized carbons (Fsp3) is 0.750. The first-order valence-corrected chi connectivity index (χ1v) is 5.73. The second kappa shape index (κ2) is 5.31. The molecule has 1 saturated heterocycles. The van der Waals surface area contributed by atoms with Crippen LogP contribution in [0.1, 0.15) is 33.6 Å². The lowest BCUT2D eigenvalue weighted by Gasteiger charge is -2.38. The highest BCUT2D eigenvalue weighted by Crippen LogP contribution is 2.17. The number of nitrogens with one attached hydrogen (secondary N) is 1. The van der Waals surface area contributed by atoms with Gasteiger partial charge in [-0.1, -0.05) is 20.4 Å². The first-order chi connectivity index (χ1) is 7.04. The molecule has 1 rings (SSSR count). The summed E-state index contributed by atoms with van der Waals surface area (Å²) in [5.74, 6) is 0.0606. The number of hydrogen-bond acceptors (Lipinski definition) is 2. The van der Waals surface area contributed by atoms with Gasteiger partial charge in [0.15, 0.2) is 0 Å². The van der Waals surface area contributed by atoms with Gasteiger partial charge < -0.3 is 10.2 Å². The Kier molecular flexibility index (Phi) is 4.33. The van der Waals surface area contributed by atoms with E-state index in [0.717, 1.165) is 19.4 Å². The van der Waals surface area contributed by atoms with Gasteiger partial charge in [-0.3, -0.25) is 4.79 Å². The molecule has 1 unspecified atom stereocenters. The maximum Gasteiger partial charge on any atom is 0.246 e. The van der Waals surface area contributed by atoms with Crippen LogP contribution in [0, 0.1) is 0 Å². The molecule has 1 amide bonds. The van der Waals surface area contributed by atoms with Gasteiger partial charge in [0.1, 0.15) is 0 Å². The molecule has 1 N–H and O–H groups in total. The average molecular weight is 210 g/mol. The Hall–Kier alpha value is -0.830. The second-order valence-corrected chi connectivity index (χ2v) is 4.63. The fourth-order valence-electron chi connectivity index (χ4n) is 2.24. The third-order valence-electron chi connectivity index (χ3n) is 2.90. The summed E-state index contributed by atoms with van der Waals surface area (Å²) in [6.45, 7) is 10.8. The first kappa shape index (κ1) is 12.2. The van der Waals surface area contributed by atoms with Crippen LogP contribution in [0.4, 0.5) is 0 Å². The van der Waals surface area contributed by atoms with Gasteiger partial charge in [0, 0.05) is 24.7 Å². The molecule has 15 heavy (non-hydrogen) atoms. The number of hydrogen-bond donors (Lipinski definition) is 1. The zero-order chi connectivity index (χ0) is 11.4. The van der Waals surface area contributed by atoms with Crippen molar-refractivity contribution in [2.24, 2.45) is 0 Å². The average Bonchev–Trinajstić information content (AvgIpc) is 2.16. The summed E-state index contributed by atoms with van der Waals surface area (Å²) in [5, 5.41) is 3.53. The van der Waals surface area contributed by atoms with Crippen LogP contribution in [-0.2, 0) is 4.79 Å². The van der Waals surface area contributed by atoms with Crippen molar-refractivity contribution in [2.75, 3.05) is 6.54 Å². The van der Waals surface area contributed by atoms with Crippen molar-refractivity contribution in [2.45, 2.75) is 51.7 Å². The molecule has 2 atom stereocenters. The minimum Gasteiger partial charge on any atom is -0.336 e. The normalized spacial score (nSPS) is 26.8. The van der Waals surface area contributed by atoms with Crippen LogP contribution in [-0.4, -0.2) is 35.5 Å². The topological polar surface area (TPSA) is 32.3 Å². The smallest absolute Gasteiger partial charge is 0.246 e. The number of likely N-dealkylation sites (tertiary alicyclic amines) is 1. The second-order valence-electron chi connectivity index (χ2n) is 4.63. The van der Waals surface area contributed by atoms with Crippen molar-refractivity contribution >= 4 is 5.91 Å². The number of piperidine rings is 1. The Morgan fingerprint density at radius 1 is 1.60 bits per heavy atom. The number of rotatable bonds is 3. The monoisotopic (exact) mass is 210 g/mol. The van der Waals surface area contributed by atoms with Crippen LogP contribution >= 0.6 is 0 Å². The van der Waals surface area contributed by atoms with E-state index < -0.39 is 0 Å². The number of carbonyl (C=O) groups is 1. The molecule has 0 spiro atoms. The van der Waals surface area contributed by atoms with E-state index in [0.29, 0.717) is 18.1 Å². The molecule has 3 nitrogen and oxygen atoms in total. The summed E-state index contributed by atoms with van der Waals surface area (Å²) in [6, 6.07) is 1.39. The molecule has 0 saturated carbocycles. The van der Waals surface area contributed by atoms with E-state index in [-0.39, 0.29) is 5.91 Å².